The van der Waals surface area contributed by atoms with Gasteiger partial charge in [0.05, 0.1) is 12.7 Å². The number of carbonyl (C=O) groups excluding carboxylic acids is 1. The van der Waals surface area contributed by atoms with Crippen LogP contribution in [0.15, 0.2) is 54.7 Å². The van der Waals surface area contributed by atoms with Gasteiger partial charge in [-0.3, -0.25) is 4.79 Å². The number of ether oxygens (including phenoxy) is 1. The van der Waals surface area contributed by atoms with E-state index in [0.717, 1.165) is 5.56 Å². The summed E-state index contributed by atoms with van der Waals surface area (Å²) in [5.41, 5.74) is 1.55. The van der Waals surface area contributed by atoms with Crippen molar-refractivity contribution in [3.05, 3.63) is 76.6 Å². The van der Waals surface area contributed by atoms with Crippen molar-refractivity contribution in [1.82, 2.24) is 20.3 Å². The highest BCUT2D eigenvalue weighted by Crippen LogP contribution is 2.22. The van der Waals surface area contributed by atoms with Crippen molar-refractivity contribution in [2.75, 3.05) is 0 Å². The fraction of sp³-hybridized carbons (Fsp3) is 0.167. The molecule has 1 N–H and O–H groups in total. The summed E-state index contributed by atoms with van der Waals surface area (Å²) in [6, 6.07) is 12.5. The van der Waals surface area contributed by atoms with E-state index < -0.39 is 12.3 Å². The van der Waals surface area contributed by atoms with E-state index in [4.69, 9.17) is 11.6 Å². The van der Waals surface area contributed by atoms with Gasteiger partial charge in [0.25, 0.3) is 5.91 Å². The Morgan fingerprint density at radius 2 is 1.86 bits per heavy atom. The molecule has 28 heavy (non-hydrogen) atoms. The molecule has 1 heterocycles. The van der Waals surface area contributed by atoms with Gasteiger partial charge in [-0.2, -0.15) is 0 Å². The van der Waals surface area contributed by atoms with Crippen molar-refractivity contribution in [3.8, 4) is 5.75 Å². The second kappa shape index (κ2) is 8.30. The maximum Gasteiger partial charge on any atom is 0.573 e. The van der Waals surface area contributed by atoms with E-state index in [1.165, 1.54) is 35.1 Å². The summed E-state index contributed by atoms with van der Waals surface area (Å²) in [7, 11) is 0. The number of nitrogens with one attached hydrogen (secondary N) is 1. The van der Waals surface area contributed by atoms with Crippen molar-refractivity contribution >= 4 is 17.5 Å². The van der Waals surface area contributed by atoms with Gasteiger partial charge < -0.3 is 10.1 Å². The number of rotatable bonds is 6. The summed E-state index contributed by atoms with van der Waals surface area (Å²) in [6.45, 7) is 0.475. The first-order valence-electron chi connectivity index (χ1n) is 8.06. The number of benzene rings is 2. The van der Waals surface area contributed by atoms with E-state index >= 15 is 0 Å². The van der Waals surface area contributed by atoms with Crippen molar-refractivity contribution in [3.63, 3.8) is 0 Å². The van der Waals surface area contributed by atoms with E-state index in [9.17, 15) is 18.0 Å². The van der Waals surface area contributed by atoms with Gasteiger partial charge in [-0.15, -0.1) is 18.3 Å². The third kappa shape index (κ3) is 5.46. The van der Waals surface area contributed by atoms with Crippen LogP contribution in [0.4, 0.5) is 13.2 Å². The Morgan fingerprint density at radius 1 is 1.14 bits per heavy atom. The first-order valence-corrected chi connectivity index (χ1v) is 8.44. The maximum atomic E-state index is 12.2. The zero-order valence-electron chi connectivity index (χ0n) is 14.3. The van der Waals surface area contributed by atoms with Crippen LogP contribution < -0.4 is 10.1 Å². The highest BCUT2D eigenvalue weighted by Gasteiger charge is 2.30. The summed E-state index contributed by atoms with van der Waals surface area (Å²) in [5, 5.41) is 10.9. The molecule has 0 bridgehead atoms. The van der Waals surface area contributed by atoms with E-state index in [-0.39, 0.29) is 18.0 Å². The molecule has 3 aromatic rings. The average Bonchev–Trinajstić information content (AvgIpc) is 3.10. The number of halogens is 4. The predicted molar refractivity (Wildman–Crippen MR) is 94.9 cm³/mol. The van der Waals surface area contributed by atoms with Crippen molar-refractivity contribution in [2.45, 2.75) is 19.5 Å². The average molecular weight is 411 g/mol. The number of hydrogen-bond acceptors (Lipinski definition) is 4. The largest absolute Gasteiger partial charge is 0.573 e. The van der Waals surface area contributed by atoms with Gasteiger partial charge in [-0.25, -0.2) is 4.68 Å². The Bertz CT molecular complexity index is 958. The number of aromatic nitrogens is 3. The standard InChI is InChI=1S/C18H14ClF3N4O2/c19-15-4-2-1-3-13(15)10-26-11-16(24-25-26)17(27)23-9-12-5-7-14(8-6-12)28-18(20,21)22/h1-8,11H,9-10H2,(H,23,27). The van der Waals surface area contributed by atoms with E-state index in [2.05, 4.69) is 20.4 Å². The monoisotopic (exact) mass is 410 g/mol. The number of nitrogens with zero attached hydrogens (tertiary/aromatic N) is 3. The predicted octanol–water partition coefficient (Wildman–Crippen LogP) is 3.81. The Kier molecular flexibility index (Phi) is 5.84. The minimum Gasteiger partial charge on any atom is -0.406 e. The van der Waals surface area contributed by atoms with Gasteiger partial charge in [0.1, 0.15) is 5.75 Å². The smallest absolute Gasteiger partial charge is 0.406 e. The highest BCUT2D eigenvalue weighted by molar-refractivity contribution is 6.31. The fourth-order valence-electron chi connectivity index (χ4n) is 2.36. The van der Waals surface area contributed by atoms with Crippen LogP contribution in [0.25, 0.3) is 0 Å². The summed E-state index contributed by atoms with van der Waals surface area (Å²) >= 11 is 6.10. The van der Waals surface area contributed by atoms with Crippen LogP contribution in [0.2, 0.25) is 5.02 Å². The first kappa shape index (κ1) is 19.7. The molecule has 0 radical (unpaired) electrons. The number of carbonyl (C=O) groups is 1. The molecule has 146 valence electrons. The molecule has 10 heteroatoms. The molecular weight excluding hydrogens is 397 g/mol. The topological polar surface area (TPSA) is 69.0 Å². The summed E-state index contributed by atoms with van der Waals surface area (Å²) in [4.78, 5) is 12.2. The molecule has 0 aliphatic carbocycles. The lowest BCUT2D eigenvalue weighted by molar-refractivity contribution is -0.274. The fourth-order valence-corrected chi connectivity index (χ4v) is 2.56. The Balaban J connectivity index is 1.55. The molecule has 0 saturated heterocycles. The molecule has 0 unspecified atom stereocenters. The van der Waals surface area contributed by atoms with Gasteiger partial charge in [0.15, 0.2) is 5.69 Å². The molecule has 2 aromatic carbocycles. The summed E-state index contributed by atoms with van der Waals surface area (Å²) < 4.78 is 41.7. The normalized spacial score (nSPS) is 11.3. The lowest BCUT2D eigenvalue weighted by Crippen LogP contribution is -2.23. The Hall–Kier alpha value is -3.07. The Morgan fingerprint density at radius 3 is 2.54 bits per heavy atom. The van der Waals surface area contributed by atoms with E-state index in [0.29, 0.717) is 17.1 Å². The minimum atomic E-state index is -4.74. The van der Waals surface area contributed by atoms with Crippen LogP contribution in [0.5, 0.6) is 5.75 Å². The third-order valence-electron chi connectivity index (χ3n) is 3.67. The van der Waals surface area contributed by atoms with Crippen LogP contribution >= 0.6 is 11.6 Å². The zero-order valence-corrected chi connectivity index (χ0v) is 15.0. The lowest BCUT2D eigenvalue weighted by Gasteiger charge is -2.09. The molecule has 0 spiro atoms. The molecule has 1 amide bonds. The van der Waals surface area contributed by atoms with Gasteiger partial charge in [0, 0.05) is 11.6 Å². The summed E-state index contributed by atoms with van der Waals surface area (Å²) in [5.74, 6) is -0.786. The molecule has 0 fully saturated rings. The molecule has 0 saturated carbocycles. The number of hydrogen-bond donors (Lipinski definition) is 1. The van der Waals surface area contributed by atoms with E-state index in [1.54, 1.807) is 6.07 Å². The molecule has 0 atom stereocenters. The van der Waals surface area contributed by atoms with Gasteiger partial charge >= 0.3 is 6.36 Å². The van der Waals surface area contributed by atoms with Crippen molar-refractivity contribution in [2.24, 2.45) is 0 Å². The van der Waals surface area contributed by atoms with Crippen LogP contribution in [0.1, 0.15) is 21.6 Å². The quantitative estimate of drug-likeness (QED) is 0.671. The van der Waals surface area contributed by atoms with Gasteiger partial charge in [-0.05, 0) is 29.3 Å². The van der Waals surface area contributed by atoms with Crippen molar-refractivity contribution in [1.29, 1.82) is 0 Å². The van der Waals surface area contributed by atoms with Crippen LogP contribution in [0.3, 0.4) is 0 Å². The maximum absolute atomic E-state index is 12.2. The molecule has 1 aromatic heterocycles. The van der Waals surface area contributed by atoms with Crippen LogP contribution in [-0.2, 0) is 13.1 Å². The van der Waals surface area contributed by atoms with Crippen LogP contribution in [-0.4, -0.2) is 27.3 Å². The Labute approximate surface area is 162 Å². The second-order valence-corrected chi connectivity index (χ2v) is 6.17. The summed E-state index contributed by atoms with van der Waals surface area (Å²) in [6.07, 6.45) is -3.26. The van der Waals surface area contributed by atoms with Crippen molar-refractivity contribution < 1.29 is 22.7 Å². The molecular formula is C18H14ClF3N4O2. The third-order valence-corrected chi connectivity index (χ3v) is 4.04. The van der Waals surface area contributed by atoms with Gasteiger partial charge in [0.2, 0.25) is 0 Å². The van der Waals surface area contributed by atoms with Crippen LogP contribution in [0, 0.1) is 0 Å². The molecule has 0 aliphatic rings. The number of alkyl halides is 3. The number of amides is 1. The second-order valence-electron chi connectivity index (χ2n) is 5.77. The minimum absolute atomic E-state index is 0.114. The first-order chi connectivity index (χ1) is 13.3. The molecule has 6 nitrogen and oxygen atoms in total. The van der Waals surface area contributed by atoms with E-state index in [1.807, 2.05) is 18.2 Å². The van der Waals surface area contributed by atoms with Gasteiger partial charge in [-0.1, -0.05) is 47.1 Å². The SMILES string of the molecule is O=C(NCc1ccc(OC(F)(F)F)cc1)c1cn(Cc2ccccc2Cl)nn1. The molecule has 3 rings (SSSR count). The lowest BCUT2D eigenvalue weighted by atomic mass is 10.2. The molecule has 0 aliphatic heterocycles. The zero-order chi connectivity index (χ0) is 20.1. The highest BCUT2D eigenvalue weighted by atomic mass is 35.5.